The lowest BCUT2D eigenvalue weighted by atomic mass is 10.1. The van der Waals surface area contributed by atoms with E-state index in [0.29, 0.717) is 13.0 Å². The zero-order valence-corrected chi connectivity index (χ0v) is 11.4. The molecule has 0 aromatic heterocycles. The Kier molecular flexibility index (Phi) is 5.67. The number of carbonyl (C=O) groups is 1. The second-order valence-electron chi connectivity index (χ2n) is 4.31. The smallest absolute Gasteiger partial charge is 0.245 e. The predicted octanol–water partition coefficient (Wildman–Crippen LogP) is 3.12. The lowest BCUT2D eigenvalue weighted by Gasteiger charge is -2.28. The summed E-state index contributed by atoms with van der Waals surface area (Å²) in [5, 5.41) is 7.93. The van der Waals surface area contributed by atoms with Crippen LogP contribution in [0, 0.1) is 11.3 Å². The Morgan fingerprint density at radius 1 is 1.39 bits per heavy atom. The van der Waals surface area contributed by atoms with Gasteiger partial charge >= 0.3 is 0 Å². The molecule has 0 bridgehead atoms. The summed E-state index contributed by atoms with van der Waals surface area (Å²) < 4.78 is 0. The quantitative estimate of drug-likeness (QED) is 0.767. The first-order chi connectivity index (χ1) is 8.57. The fourth-order valence-corrected chi connectivity index (χ4v) is 1.97. The van der Waals surface area contributed by atoms with Crippen LogP contribution in [0.5, 0.6) is 0 Å². The molecule has 1 atom stereocenters. The standard InChI is InChI=1S/C14H17ClN2O/c1-11(2)17(10-6-9-16)14(18)13(15)12-7-4-3-5-8-12/h3-5,7-8,11,13H,6,10H2,1-2H3. The van der Waals surface area contributed by atoms with E-state index in [1.54, 1.807) is 4.90 Å². The Balaban J connectivity index is 2.80. The minimum Gasteiger partial charge on any atom is -0.338 e. The van der Waals surface area contributed by atoms with E-state index >= 15 is 0 Å². The number of hydrogen-bond donors (Lipinski definition) is 0. The van der Waals surface area contributed by atoms with Gasteiger partial charge in [0.2, 0.25) is 5.91 Å². The summed E-state index contributed by atoms with van der Waals surface area (Å²) in [6.07, 6.45) is 0.322. The molecule has 18 heavy (non-hydrogen) atoms. The highest BCUT2D eigenvalue weighted by atomic mass is 35.5. The van der Waals surface area contributed by atoms with Crippen LogP contribution >= 0.6 is 11.6 Å². The van der Waals surface area contributed by atoms with E-state index in [2.05, 4.69) is 0 Å². The average molecular weight is 265 g/mol. The van der Waals surface area contributed by atoms with Crippen LogP contribution < -0.4 is 0 Å². The van der Waals surface area contributed by atoms with E-state index in [0.717, 1.165) is 5.56 Å². The van der Waals surface area contributed by atoms with Gasteiger partial charge in [-0.1, -0.05) is 30.3 Å². The highest BCUT2D eigenvalue weighted by molar-refractivity contribution is 6.30. The van der Waals surface area contributed by atoms with E-state index in [1.807, 2.05) is 50.2 Å². The Morgan fingerprint density at radius 3 is 2.50 bits per heavy atom. The van der Waals surface area contributed by atoms with Crippen LogP contribution in [0.3, 0.4) is 0 Å². The molecule has 0 fully saturated rings. The van der Waals surface area contributed by atoms with Crippen molar-refractivity contribution in [2.24, 2.45) is 0 Å². The van der Waals surface area contributed by atoms with Crippen molar-refractivity contribution in [3.8, 4) is 6.07 Å². The summed E-state index contributed by atoms with van der Waals surface area (Å²) in [4.78, 5) is 13.9. The van der Waals surface area contributed by atoms with Crippen molar-refractivity contribution in [2.75, 3.05) is 6.54 Å². The van der Waals surface area contributed by atoms with Gasteiger partial charge < -0.3 is 4.90 Å². The van der Waals surface area contributed by atoms with Crippen LogP contribution in [0.4, 0.5) is 0 Å². The number of rotatable bonds is 5. The molecule has 3 nitrogen and oxygen atoms in total. The number of hydrogen-bond acceptors (Lipinski definition) is 2. The molecule has 0 saturated carbocycles. The Morgan fingerprint density at radius 2 is 2.00 bits per heavy atom. The van der Waals surface area contributed by atoms with Gasteiger partial charge in [0.1, 0.15) is 5.38 Å². The van der Waals surface area contributed by atoms with Gasteiger partial charge in [0, 0.05) is 12.6 Å². The molecule has 1 unspecified atom stereocenters. The number of nitrogens with zero attached hydrogens (tertiary/aromatic N) is 2. The van der Waals surface area contributed by atoms with Gasteiger partial charge in [0.25, 0.3) is 0 Å². The van der Waals surface area contributed by atoms with E-state index < -0.39 is 5.38 Å². The van der Waals surface area contributed by atoms with Crippen molar-refractivity contribution in [3.05, 3.63) is 35.9 Å². The molecule has 0 aliphatic heterocycles. The third-order valence-electron chi connectivity index (χ3n) is 2.68. The number of nitriles is 1. The van der Waals surface area contributed by atoms with Crippen molar-refractivity contribution in [3.63, 3.8) is 0 Å². The van der Waals surface area contributed by atoms with E-state index in [4.69, 9.17) is 16.9 Å². The predicted molar refractivity (Wildman–Crippen MR) is 72.1 cm³/mol. The summed E-state index contributed by atoms with van der Waals surface area (Å²) in [6, 6.07) is 11.3. The number of carbonyl (C=O) groups excluding carboxylic acids is 1. The maximum Gasteiger partial charge on any atom is 0.245 e. The molecule has 96 valence electrons. The van der Waals surface area contributed by atoms with Gasteiger partial charge in [-0.25, -0.2) is 0 Å². The second-order valence-corrected chi connectivity index (χ2v) is 4.74. The first-order valence-corrected chi connectivity index (χ1v) is 6.38. The summed E-state index contributed by atoms with van der Waals surface area (Å²) >= 11 is 6.20. The monoisotopic (exact) mass is 264 g/mol. The zero-order chi connectivity index (χ0) is 13.5. The first-order valence-electron chi connectivity index (χ1n) is 5.94. The lowest BCUT2D eigenvalue weighted by molar-refractivity contribution is -0.132. The second kappa shape index (κ2) is 7.03. The molecular formula is C14H17ClN2O. The highest BCUT2D eigenvalue weighted by Gasteiger charge is 2.25. The molecule has 0 aliphatic rings. The molecule has 1 aromatic rings. The first kappa shape index (κ1) is 14.5. The maximum atomic E-state index is 12.3. The summed E-state index contributed by atoms with van der Waals surface area (Å²) in [7, 11) is 0. The van der Waals surface area contributed by atoms with Gasteiger partial charge in [-0.3, -0.25) is 4.79 Å². The summed E-state index contributed by atoms with van der Waals surface area (Å²) in [5.74, 6) is -0.145. The van der Waals surface area contributed by atoms with Gasteiger partial charge in [0.05, 0.1) is 12.5 Å². The maximum absolute atomic E-state index is 12.3. The molecule has 0 spiro atoms. The average Bonchev–Trinajstić information content (AvgIpc) is 2.38. The number of alkyl halides is 1. The van der Waals surface area contributed by atoms with Crippen LogP contribution in [0.2, 0.25) is 0 Å². The SMILES string of the molecule is CC(C)N(CCC#N)C(=O)C(Cl)c1ccccc1. The molecule has 1 aromatic carbocycles. The minimum absolute atomic E-state index is 0.0378. The molecule has 0 saturated heterocycles. The molecule has 0 heterocycles. The van der Waals surface area contributed by atoms with Crippen molar-refractivity contribution in [1.29, 1.82) is 5.26 Å². The third-order valence-corrected chi connectivity index (χ3v) is 3.12. The summed E-state index contributed by atoms with van der Waals surface area (Å²) in [5.41, 5.74) is 0.784. The third kappa shape index (κ3) is 3.75. The molecule has 1 amide bonds. The van der Waals surface area contributed by atoms with Gasteiger partial charge in [-0.05, 0) is 19.4 Å². The minimum atomic E-state index is -0.688. The molecule has 0 radical (unpaired) electrons. The largest absolute Gasteiger partial charge is 0.338 e. The van der Waals surface area contributed by atoms with Crippen molar-refractivity contribution in [2.45, 2.75) is 31.7 Å². The summed E-state index contributed by atoms with van der Waals surface area (Å²) in [6.45, 7) is 4.26. The molecular weight excluding hydrogens is 248 g/mol. The van der Waals surface area contributed by atoms with Crippen LogP contribution in [0.15, 0.2) is 30.3 Å². The Hall–Kier alpha value is -1.53. The molecule has 0 aliphatic carbocycles. The van der Waals surface area contributed by atoms with Crippen LogP contribution in [0.1, 0.15) is 31.2 Å². The van der Waals surface area contributed by atoms with E-state index in [1.165, 1.54) is 0 Å². The van der Waals surface area contributed by atoms with Crippen LogP contribution in [0.25, 0.3) is 0 Å². The Bertz CT molecular complexity index is 425. The van der Waals surface area contributed by atoms with Crippen molar-refractivity contribution in [1.82, 2.24) is 4.90 Å². The van der Waals surface area contributed by atoms with Gasteiger partial charge in [-0.2, -0.15) is 5.26 Å². The van der Waals surface area contributed by atoms with Gasteiger partial charge in [0.15, 0.2) is 0 Å². The molecule has 0 N–H and O–H groups in total. The fraction of sp³-hybridized carbons (Fsp3) is 0.429. The normalized spacial score (nSPS) is 11.9. The number of benzene rings is 1. The van der Waals surface area contributed by atoms with Crippen molar-refractivity contribution < 1.29 is 4.79 Å². The van der Waals surface area contributed by atoms with E-state index in [9.17, 15) is 4.79 Å². The Labute approximate surface area is 113 Å². The topological polar surface area (TPSA) is 44.1 Å². The fourth-order valence-electron chi connectivity index (χ4n) is 1.70. The van der Waals surface area contributed by atoms with Crippen LogP contribution in [-0.4, -0.2) is 23.4 Å². The lowest BCUT2D eigenvalue weighted by Crippen LogP contribution is -2.39. The number of amides is 1. The van der Waals surface area contributed by atoms with Gasteiger partial charge in [-0.15, -0.1) is 11.6 Å². The number of halogens is 1. The highest BCUT2D eigenvalue weighted by Crippen LogP contribution is 2.23. The zero-order valence-electron chi connectivity index (χ0n) is 10.6. The van der Waals surface area contributed by atoms with E-state index in [-0.39, 0.29) is 11.9 Å². The molecule has 1 rings (SSSR count). The van der Waals surface area contributed by atoms with Crippen LogP contribution in [-0.2, 0) is 4.79 Å². The molecule has 4 heteroatoms. The van der Waals surface area contributed by atoms with Crippen molar-refractivity contribution >= 4 is 17.5 Å².